The van der Waals surface area contributed by atoms with Gasteiger partial charge < -0.3 is 19.7 Å². The van der Waals surface area contributed by atoms with E-state index in [1.807, 2.05) is 38.1 Å². The van der Waals surface area contributed by atoms with Crippen LogP contribution in [-0.4, -0.2) is 41.2 Å². The summed E-state index contributed by atoms with van der Waals surface area (Å²) in [4.78, 5) is 18.2. The Bertz CT molecular complexity index is 975. The van der Waals surface area contributed by atoms with Gasteiger partial charge in [0.15, 0.2) is 0 Å². The first kappa shape index (κ1) is 19.0. The SMILES string of the molecule is COc1ccccc1CN(CCO)C(=O)c1[nH]c2c(C)cc(C)cc2c1C. The third-order valence-electron chi connectivity index (χ3n) is 4.93. The minimum atomic E-state index is -0.124. The highest BCUT2D eigenvalue weighted by molar-refractivity contribution is 6.01. The highest BCUT2D eigenvalue weighted by atomic mass is 16.5. The Kier molecular flexibility index (Phi) is 5.51. The number of aromatic amines is 1. The molecule has 0 bridgehead atoms. The van der Waals surface area contributed by atoms with E-state index in [0.717, 1.165) is 33.3 Å². The van der Waals surface area contributed by atoms with Crippen LogP contribution < -0.4 is 4.74 Å². The van der Waals surface area contributed by atoms with Crippen LogP contribution in [-0.2, 0) is 6.54 Å². The molecule has 1 heterocycles. The van der Waals surface area contributed by atoms with Crippen molar-refractivity contribution in [1.82, 2.24) is 9.88 Å². The Morgan fingerprint density at radius 1 is 1.19 bits per heavy atom. The molecule has 0 aliphatic heterocycles. The summed E-state index contributed by atoms with van der Waals surface area (Å²) >= 11 is 0. The number of aliphatic hydroxyl groups excluding tert-OH is 1. The lowest BCUT2D eigenvalue weighted by Crippen LogP contribution is -2.33. The van der Waals surface area contributed by atoms with Gasteiger partial charge in [0.05, 0.1) is 13.7 Å². The number of H-pyrrole nitrogens is 1. The molecule has 0 spiro atoms. The number of ether oxygens (including phenoxy) is 1. The van der Waals surface area contributed by atoms with E-state index >= 15 is 0 Å². The van der Waals surface area contributed by atoms with Gasteiger partial charge in [-0.2, -0.15) is 0 Å². The monoisotopic (exact) mass is 366 g/mol. The molecule has 3 aromatic rings. The van der Waals surface area contributed by atoms with Crippen molar-refractivity contribution in [2.24, 2.45) is 0 Å². The van der Waals surface area contributed by atoms with E-state index in [9.17, 15) is 9.90 Å². The number of methoxy groups -OCH3 is 1. The number of para-hydroxylation sites is 1. The Balaban J connectivity index is 1.99. The molecule has 0 unspecified atom stereocenters. The lowest BCUT2D eigenvalue weighted by Gasteiger charge is -2.22. The standard InChI is InChI=1S/C22H26N2O3/c1-14-11-15(2)20-18(12-14)16(3)21(23-20)22(26)24(9-10-25)13-17-7-5-6-8-19(17)27-4/h5-8,11-12,23,25H,9-10,13H2,1-4H3. The molecular formula is C22H26N2O3. The first-order valence-electron chi connectivity index (χ1n) is 9.07. The van der Waals surface area contributed by atoms with Crippen molar-refractivity contribution in [2.75, 3.05) is 20.3 Å². The van der Waals surface area contributed by atoms with Crippen LogP contribution in [0.4, 0.5) is 0 Å². The van der Waals surface area contributed by atoms with Gasteiger partial charge in [-0.25, -0.2) is 0 Å². The van der Waals surface area contributed by atoms with Gasteiger partial charge in [0.25, 0.3) is 5.91 Å². The number of fused-ring (bicyclic) bond motifs is 1. The van der Waals surface area contributed by atoms with Gasteiger partial charge >= 0.3 is 0 Å². The molecule has 0 aliphatic rings. The molecule has 0 atom stereocenters. The summed E-state index contributed by atoms with van der Waals surface area (Å²) in [6, 6.07) is 11.8. The Labute approximate surface area is 159 Å². The van der Waals surface area contributed by atoms with Crippen molar-refractivity contribution in [2.45, 2.75) is 27.3 Å². The molecule has 0 aliphatic carbocycles. The average molecular weight is 366 g/mol. The van der Waals surface area contributed by atoms with Crippen LogP contribution in [0.15, 0.2) is 36.4 Å². The molecule has 1 amide bonds. The maximum absolute atomic E-state index is 13.3. The van der Waals surface area contributed by atoms with Gasteiger partial charge in [0, 0.05) is 29.6 Å². The number of carbonyl (C=O) groups excluding carboxylic acids is 1. The van der Waals surface area contributed by atoms with E-state index in [4.69, 9.17) is 4.74 Å². The van der Waals surface area contributed by atoms with Crippen LogP contribution in [0.5, 0.6) is 5.75 Å². The lowest BCUT2D eigenvalue weighted by atomic mass is 10.1. The largest absolute Gasteiger partial charge is 0.496 e. The van der Waals surface area contributed by atoms with Crippen molar-refractivity contribution in [1.29, 1.82) is 0 Å². The Morgan fingerprint density at radius 2 is 1.93 bits per heavy atom. The third kappa shape index (κ3) is 3.69. The number of benzene rings is 2. The predicted molar refractivity (Wildman–Crippen MR) is 107 cm³/mol. The Morgan fingerprint density at radius 3 is 2.63 bits per heavy atom. The van der Waals surface area contributed by atoms with E-state index in [1.54, 1.807) is 12.0 Å². The van der Waals surface area contributed by atoms with Crippen molar-refractivity contribution in [3.05, 3.63) is 64.3 Å². The van der Waals surface area contributed by atoms with E-state index in [1.165, 1.54) is 5.56 Å². The van der Waals surface area contributed by atoms with Gasteiger partial charge in [-0.1, -0.05) is 29.8 Å². The summed E-state index contributed by atoms with van der Waals surface area (Å²) in [7, 11) is 1.62. The maximum Gasteiger partial charge on any atom is 0.270 e. The van der Waals surface area contributed by atoms with Gasteiger partial charge in [0.1, 0.15) is 11.4 Å². The molecule has 5 nitrogen and oxygen atoms in total. The van der Waals surface area contributed by atoms with Crippen LogP contribution in [0.25, 0.3) is 10.9 Å². The number of hydrogen-bond donors (Lipinski definition) is 2. The number of amides is 1. The fourth-order valence-corrected chi connectivity index (χ4v) is 3.57. The third-order valence-corrected chi connectivity index (χ3v) is 4.93. The number of rotatable bonds is 6. The molecule has 27 heavy (non-hydrogen) atoms. The maximum atomic E-state index is 13.3. The lowest BCUT2D eigenvalue weighted by molar-refractivity contribution is 0.0701. The number of nitrogens with one attached hydrogen (secondary N) is 1. The molecule has 3 rings (SSSR count). The van der Waals surface area contributed by atoms with Crippen molar-refractivity contribution in [3.8, 4) is 5.75 Å². The first-order chi connectivity index (χ1) is 13.0. The number of nitrogens with zero attached hydrogens (tertiary/aromatic N) is 1. The normalized spacial score (nSPS) is 11.0. The van der Waals surface area contributed by atoms with Gasteiger partial charge in [-0.15, -0.1) is 0 Å². The van der Waals surface area contributed by atoms with Crippen molar-refractivity contribution in [3.63, 3.8) is 0 Å². The van der Waals surface area contributed by atoms with Crippen molar-refractivity contribution >= 4 is 16.8 Å². The fraction of sp³-hybridized carbons (Fsp3) is 0.318. The minimum absolute atomic E-state index is 0.0989. The zero-order valence-electron chi connectivity index (χ0n) is 16.3. The molecule has 142 valence electrons. The molecule has 0 radical (unpaired) electrons. The molecule has 0 saturated carbocycles. The van der Waals surface area contributed by atoms with Gasteiger partial charge in [-0.05, 0) is 44.0 Å². The molecule has 2 aromatic carbocycles. The van der Waals surface area contributed by atoms with Gasteiger partial charge in [-0.3, -0.25) is 4.79 Å². The van der Waals surface area contributed by atoms with Crippen LogP contribution in [0, 0.1) is 20.8 Å². The second-order valence-electron chi connectivity index (χ2n) is 6.89. The summed E-state index contributed by atoms with van der Waals surface area (Å²) in [6.45, 7) is 6.59. The molecule has 0 saturated heterocycles. The average Bonchev–Trinajstić information content (AvgIpc) is 2.98. The molecule has 0 fully saturated rings. The molecule has 2 N–H and O–H groups in total. The topological polar surface area (TPSA) is 65.6 Å². The summed E-state index contributed by atoms with van der Waals surface area (Å²) in [5.74, 6) is 0.605. The Hall–Kier alpha value is -2.79. The highest BCUT2D eigenvalue weighted by Crippen LogP contribution is 2.27. The summed E-state index contributed by atoms with van der Waals surface area (Å²) in [5, 5.41) is 10.6. The predicted octanol–water partition coefficient (Wildman–Crippen LogP) is 3.74. The molecule has 1 aromatic heterocycles. The van der Waals surface area contributed by atoms with Gasteiger partial charge in [0.2, 0.25) is 0 Å². The van der Waals surface area contributed by atoms with E-state index in [-0.39, 0.29) is 19.1 Å². The summed E-state index contributed by atoms with van der Waals surface area (Å²) in [5.41, 5.74) is 5.69. The van der Waals surface area contributed by atoms with Crippen molar-refractivity contribution < 1.29 is 14.6 Å². The number of aryl methyl sites for hydroxylation is 3. The number of hydrogen-bond acceptors (Lipinski definition) is 3. The van der Waals surface area contributed by atoms with Crippen LogP contribution in [0.2, 0.25) is 0 Å². The smallest absolute Gasteiger partial charge is 0.270 e. The first-order valence-corrected chi connectivity index (χ1v) is 9.07. The molecule has 5 heteroatoms. The molecular weight excluding hydrogens is 340 g/mol. The second kappa shape index (κ2) is 7.84. The summed E-state index contributed by atoms with van der Waals surface area (Å²) < 4.78 is 5.40. The highest BCUT2D eigenvalue weighted by Gasteiger charge is 2.22. The van der Waals surface area contributed by atoms with E-state index in [0.29, 0.717) is 12.2 Å². The van der Waals surface area contributed by atoms with Crippen LogP contribution in [0.3, 0.4) is 0 Å². The zero-order chi connectivity index (χ0) is 19.6. The van der Waals surface area contributed by atoms with E-state index < -0.39 is 0 Å². The summed E-state index contributed by atoms with van der Waals surface area (Å²) in [6.07, 6.45) is 0. The zero-order valence-corrected chi connectivity index (χ0v) is 16.3. The van der Waals surface area contributed by atoms with Crippen LogP contribution >= 0.6 is 0 Å². The number of carbonyl (C=O) groups is 1. The number of aromatic nitrogens is 1. The minimum Gasteiger partial charge on any atom is -0.496 e. The number of aliphatic hydroxyl groups is 1. The van der Waals surface area contributed by atoms with E-state index in [2.05, 4.69) is 24.0 Å². The fourth-order valence-electron chi connectivity index (χ4n) is 3.57. The quantitative estimate of drug-likeness (QED) is 0.698. The second-order valence-corrected chi connectivity index (χ2v) is 6.89. The van der Waals surface area contributed by atoms with Crippen LogP contribution in [0.1, 0.15) is 32.7 Å².